The lowest BCUT2D eigenvalue weighted by Gasteiger charge is -2.35. The maximum Gasteiger partial charge on any atom is 0.308 e. The minimum absolute atomic E-state index is 0.0157. The Kier molecular flexibility index (Phi) is 3.14. The molecule has 2 fully saturated rings. The standard InChI is InChI=1S/C11H18N2O3/c1-12-4-2-9(3-5-12)13-7-8(11(15)16)6-10(13)14/h8-9H,2-7H2,1H3,(H,15,16). The zero-order chi connectivity index (χ0) is 11.7. The number of amides is 1. The van der Waals surface area contributed by atoms with E-state index in [2.05, 4.69) is 11.9 Å². The van der Waals surface area contributed by atoms with Crippen LogP contribution in [-0.2, 0) is 9.59 Å². The van der Waals surface area contributed by atoms with Gasteiger partial charge in [-0.05, 0) is 33.0 Å². The molecule has 2 aliphatic heterocycles. The van der Waals surface area contributed by atoms with Gasteiger partial charge in [0.25, 0.3) is 0 Å². The smallest absolute Gasteiger partial charge is 0.308 e. The van der Waals surface area contributed by atoms with Crippen LogP contribution in [0.4, 0.5) is 0 Å². The molecule has 1 atom stereocenters. The van der Waals surface area contributed by atoms with Crippen LogP contribution in [0.3, 0.4) is 0 Å². The fourth-order valence-corrected chi connectivity index (χ4v) is 2.56. The Balaban J connectivity index is 1.95. The van der Waals surface area contributed by atoms with Gasteiger partial charge in [0.2, 0.25) is 5.91 Å². The Hall–Kier alpha value is -1.10. The summed E-state index contributed by atoms with van der Waals surface area (Å²) >= 11 is 0. The number of piperidine rings is 1. The number of carboxylic acid groups (broad SMARTS) is 1. The molecule has 2 saturated heterocycles. The van der Waals surface area contributed by atoms with Crippen LogP contribution in [0.5, 0.6) is 0 Å². The fourth-order valence-electron chi connectivity index (χ4n) is 2.56. The van der Waals surface area contributed by atoms with Crippen LogP contribution in [0.15, 0.2) is 0 Å². The summed E-state index contributed by atoms with van der Waals surface area (Å²) in [7, 11) is 2.07. The molecule has 0 aromatic heterocycles. The van der Waals surface area contributed by atoms with Gasteiger partial charge in [-0.2, -0.15) is 0 Å². The Morgan fingerprint density at radius 1 is 1.38 bits per heavy atom. The lowest BCUT2D eigenvalue weighted by molar-refractivity contribution is -0.141. The molecule has 1 unspecified atom stereocenters. The van der Waals surface area contributed by atoms with E-state index in [9.17, 15) is 9.59 Å². The molecule has 1 N–H and O–H groups in total. The molecule has 2 heterocycles. The molecule has 1 amide bonds. The summed E-state index contributed by atoms with van der Waals surface area (Å²) in [5.41, 5.74) is 0. The van der Waals surface area contributed by atoms with Gasteiger partial charge >= 0.3 is 5.97 Å². The second-order valence-electron chi connectivity index (χ2n) is 4.82. The summed E-state index contributed by atoms with van der Waals surface area (Å²) < 4.78 is 0. The average molecular weight is 226 g/mol. The fraction of sp³-hybridized carbons (Fsp3) is 0.818. The predicted octanol–water partition coefficient (Wildman–Crippen LogP) is 0.0137. The van der Waals surface area contributed by atoms with E-state index in [1.165, 1.54) is 0 Å². The highest BCUT2D eigenvalue weighted by Gasteiger charge is 2.38. The van der Waals surface area contributed by atoms with Crippen molar-refractivity contribution in [2.45, 2.75) is 25.3 Å². The van der Waals surface area contributed by atoms with Crippen molar-refractivity contribution in [3.8, 4) is 0 Å². The van der Waals surface area contributed by atoms with Gasteiger partial charge in [0.05, 0.1) is 5.92 Å². The van der Waals surface area contributed by atoms with E-state index in [-0.39, 0.29) is 18.4 Å². The largest absolute Gasteiger partial charge is 0.481 e. The van der Waals surface area contributed by atoms with Crippen molar-refractivity contribution >= 4 is 11.9 Å². The van der Waals surface area contributed by atoms with Crippen molar-refractivity contribution in [1.82, 2.24) is 9.80 Å². The van der Waals surface area contributed by atoms with Gasteiger partial charge in [-0.25, -0.2) is 0 Å². The molecule has 0 radical (unpaired) electrons. The second kappa shape index (κ2) is 4.41. The van der Waals surface area contributed by atoms with E-state index in [4.69, 9.17) is 5.11 Å². The third-order valence-electron chi connectivity index (χ3n) is 3.64. The lowest BCUT2D eigenvalue weighted by atomic mass is 10.0. The van der Waals surface area contributed by atoms with Crippen molar-refractivity contribution in [3.63, 3.8) is 0 Å². The zero-order valence-electron chi connectivity index (χ0n) is 9.56. The molecular formula is C11H18N2O3. The number of hydrogen-bond donors (Lipinski definition) is 1. The topological polar surface area (TPSA) is 60.9 Å². The molecule has 90 valence electrons. The first-order valence-electron chi connectivity index (χ1n) is 5.78. The summed E-state index contributed by atoms with van der Waals surface area (Å²) in [6.45, 7) is 2.39. The molecule has 16 heavy (non-hydrogen) atoms. The molecule has 5 nitrogen and oxygen atoms in total. The van der Waals surface area contributed by atoms with Crippen LogP contribution in [0, 0.1) is 5.92 Å². The summed E-state index contributed by atoms with van der Waals surface area (Å²) in [4.78, 5) is 26.6. The lowest BCUT2D eigenvalue weighted by Crippen LogP contribution is -2.44. The van der Waals surface area contributed by atoms with Crippen LogP contribution < -0.4 is 0 Å². The maximum atomic E-state index is 11.7. The predicted molar refractivity (Wildman–Crippen MR) is 58.0 cm³/mol. The van der Waals surface area contributed by atoms with Gasteiger partial charge in [-0.3, -0.25) is 9.59 Å². The van der Waals surface area contributed by atoms with Crippen molar-refractivity contribution in [2.75, 3.05) is 26.7 Å². The first-order chi connectivity index (χ1) is 7.58. The van der Waals surface area contributed by atoms with Gasteiger partial charge < -0.3 is 14.9 Å². The minimum atomic E-state index is -0.844. The van der Waals surface area contributed by atoms with Gasteiger partial charge in [-0.15, -0.1) is 0 Å². The van der Waals surface area contributed by atoms with E-state index in [1.54, 1.807) is 4.90 Å². The molecule has 0 aliphatic carbocycles. The molecule has 5 heteroatoms. The second-order valence-corrected chi connectivity index (χ2v) is 4.82. The molecular weight excluding hydrogens is 208 g/mol. The highest BCUT2D eigenvalue weighted by molar-refractivity contribution is 5.86. The van der Waals surface area contributed by atoms with Crippen LogP contribution in [0.25, 0.3) is 0 Å². The number of likely N-dealkylation sites (tertiary alicyclic amines) is 2. The molecule has 0 aromatic carbocycles. The van der Waals surface area contributed by atoms with Crippen molar-refractivity contribution < 1.29 is 14.7 Å². The molecule has 0 spiro atoms. The summed E-state index contributed by atoms with van der Waals surface area (Å²) in [5, 5.41) is 8.90. The van der Waals surface area contributed by atoms with E-state index in [0.29, 0.717) is 6.54 Å². The number of rotatable bonds is 2. The summed E-state index contributed by atoms with van der Waals surface area (Å²) in [6, 6.07) is 0.257. The molecule has 0 saturated carbocycles. The molecule has 2 aliphatic rings. The van der Waals surface area contributed by atoms with Gasteiger partial charge in [0.15, 0.2) is 0 Å². The number of carbonyl (C=O) groups excluding carboxylic acids is 1. The Bertz CT molecular complexity index is 298. The van der Waals surface area contributed by atoms with Crippen LogP contribution in [0.2, 0.25) is 0 Å². The number of aliphatic carboxylic acids is 1. The summed E-state index contributed by atoms with van der Waals surface area (Å²) in [5.74, 6) is -1.32. The Morgan fingerprint density at radius 2 is 2.00 bits per heavy atom. The van der Waals surface area contributed by atoms with Crippen molar-refractivity contribution in [3.05, 3.63) is 0 Å². The van der Waals surface area contributed by atoms with E-state index in [0.717, 1.165) is 25.9 Å². The monoisotopic (exact) mass is 226 g/mol. The van der Waals surface area contributed by atoms with Gasteiger partial charge in [-0.1, -0.05) is 0 Å². The Labute approximate surface area is 95.0 Å². The quantitative estimate of drug-likeness (QED) is 0.720. The minimum Gasteiger partial charge on any atom is -0.481 e. The summed E-state index contributed by atoms with van der Waals surface area (Å²) in [6.07, 6.45) is 2.12. The third kappa shape index (κ3) is 2.19. The van der Waals surface area contributed by atoms with Gasteiger partial charge in [0.1, 0.15) is 0 Å². The highest BCUT2D eigenvalue weighted by Crippen LogP contribution is 2.25. The SMILES string of the molecule is CN1CCC(N2CC(C(=O)O)CC2=O)CC1. The first kappa shape index (κ1) is 11.4. The Morgan fingerprint density at radius 3 is 2.50 bits per heavy atom. The van der Waals surface area contributed by atoms with Crippen LogP contribution in [-0.4, -0.2) is 59.5 Å². The molecule has 2 rings (SSSR count). The van der Waals surface area contributed by atoms with Crippen LogP contribution >= 0.6 is 0 Å². The number of nitrogens with zero attached hydrogens (tertiary/aromatic N) is 2. The number of carboxylic acids is 1. The maximum absolute atomic E-state index is 11.7. The number of hydrogen-bond acceptors (Lipinski definition) is 3. The molecule has 0 bridgehead atoms. The van der Waals surface area contributed by atoms with E-state index in [1.807, 2.05) is 0 Å². The first-order valence-corrected chi connectivity index (χ1v) is 5.78. The average Bonchev–Trinajstić information content (AvgIpc) is 2.62. The molecule has 0 aromatic rings. The van der Waals surface area contributed by atoms with E-state index >= 15 is 0 Å². The zero-order valence-corrected chi connectivity index (χ0v) is 9.56. The van der Waals surface area contributed by atoms with Crippen LogP contribution in [0.1, 0.15) is 19.3 Å². The highest BCUT2D eigenvalue weighted by atomic mass is 16.4. The van der Waals surface area contributed by atoms with E-state index < -0.39 is 11.9 Å². The van der Waals surface area contributed by atoms with Gasteiger partial charge in [0, 0.05) is 19.0 Å². The normalized spacial score (nSPS) is 28.7. The van der Waals surface area contributed by atoms with Crippen molar-refractivity contribution in [1.29, 1.82) is 0 Å². The third-order valence-corrected chi connectivity index (χ3v) is 3.64. The van der Waals surface area contributed by atoms with Crippen molar-refractivity contribution in [2.24, 2.45) is 5.92 Å². The number of carbonyl (C=O) groups is 2.